The van der Waals surface area contributed by atoms with E-state index in [0.29, 0.717) is 35.4 Å². The number of rotatable bonds is 10. The Labute approximate surface area is 182 Å². The molecule has 1 aromatic heterocycles. The summed E-state index contributed by atoms with van der Waals surface area (Å²) >= 11 is 0. The van der Waals surface area contributed by atoms with Gasteiger partial charge in [0.05, 0.1) is 17.7 Å². The Morgan fingerprint density at radius 1 is 1.03 bits per heavy atom. The van der Waals surface area contributed by atoms with Crippen LogP contribution in [0.25, 0.3) is 16.5 Å². The highest BCUT2D eigenvalue weighted by molar-refractivity contribution is 6.04. The molecule has 164 valence electrons. The van der Waals surface area contributed by atoms with E-state index < -0.39 is 0 Å². The van der Waals surface area contributed by atoms with Gasteiger partial charge in [-0.1, -0.05) is 32.0 Å². The van der Waals surface area contributed by atoms with Crippen LogP contribution < -0.4 is 15.6 Å². The van der Waals surface area contributed by atoms with Gasteiger partial charge in [0, 0.05) is 11.9 Å². The molecule has 0 aliphatic rings. The fraction of sp³-hybridized carbons (Fsp3) is 0.375. The van der Waals surface area contributed by atoms with Crippen molar-refractivity contribution in [2.75, 3.05) is 32.8 Å². The van der Waals surface area contributed by atoms with Crippen LogP contribution in [0.3, 0.4) is 0 Å². The van der Waals surface area contributed by atoms with Gasteiger partial charge in [-0.3, -0.25) is 9.59 Å². The van der Waals surface area contributed by atoms with Crippen molar-refractivity contribution in [3.63, 3.8) is 0 Å². The topological polar surface area (TPSA) is 76.5 Å². The molecule has 3 rings (SSSR count). The van der Waals surface area contributed by atoms with Gasteiger partial charge in [0.2, 0.25) is 0 Å². The van der Waals surface area contributed by atoms with Crippen LogP contribution >= 0.6 is 0 Å². The lowest BCUT2D eigenvalue weighted by atomic mass is 10.1. The molecule has 1 heterocycles. The van der Waals surface area contributed by atoms with E-state index in [4.69, 9.17) is 4.74 Å². The van der Waals surface area contributed by atoms with Crippen LogP contribution in [-0.2, 0) is 0 Å². The molecule has 0 saturated carbocycles. The lowest BCUT2D eigenvalue weighted by molar-refractivity contribution is 0.0947. The Hall–Kier alpha value is -3.19. The quantitative estimate of drug-likeness (QED) is 0.508. The van der Waals surface area contributed by atoms with Gasteiger partial charge >= 0.3 is 0 Å². The minimum absolute atomic E-state index is 0.243. The van der Waals surface area contributed by atoms with E-state index >= 15 is 0 Å². The lowest BCUT2D eigenvalue weighted by Gasteiger charge is -2.17. The molecule has 0 atom stereocenters. The molecule has 0 unspecified atom stereocenters. The van der Waals surface area contributed by atoms with Crippen molar-refractivity contribution in [1.82, 2.24) is 20.0 Å². The molecule has 31 heavy (non-hydrogen) atoms. The maximum absolute atomic E-state index is 13.0. The van der Waals surface area contributed by atoms with Gasteiger partial charge < -0.3 is 15.0 Å². The van der Waals surface area contributed by atoms with Gasteiger partial charge in [0.25, 0.3) is 11.5 Å². The summed E-state index contributed by atoms with van der Waals surface area (Å²) in [5, 5.41) is 8.40. The fourth-order valence-electron chi connectivity index (χ4n) is 3.51. The minimum Gasteiger partial charge on any atom is -0.494 e. The van der Waals surface area contributed by atoms with Crippen molar-refractivity contribution < 1.29 is 9.53 Å². The first kappa shape index (κ1) is 22.5. The molecule has 0 fully saturated rings. The first-order valence-electron chi connectivity index (χ1n) is 10.8. The largest absolute Gasteiger partial charge is 0.494 e. The van der Waals surface area contributed by atoms with Crippen LogP contribution in [-0.4, -0.2) is 53.4 Å². The number of carbonyl (C=O) groups excluding carboxylic acids is 1. The highest BCUT2D eigenvalue weighted by atomic mass is 16.5. The van der Waals surface area contributed by atoms with E-state index in [0.717, 1.165) is 26.1 Å². The number of fused-ring (bicyclic) bond motifs is 1. The summed E-state index contributed by atoms with van der Waals surface area (Å²) in [6, 6.07) is 14.2. The summed E-state index contributed by atoms with van der Waals surface area (Å²) in [4.78, 5) is 28.3. The smallest absolute Gasteiger partial charge is 0.279 e. The van der Waals surface area contributed by atoms with Crippen LogP contribution in [0.15, 0.2) is 53.3 Å². The van der Waals surface area contributed by atoms with Crippen molar-refractivity contribution >= 4 is 16.7 Å². The molecule has 7 heteroatoms. The second kappa shape index (κ2) is 10.7. The molecule has 7 nitrogen and oxygen atoms in total. The summed E-state index contributed by atoms with van der Waals surface area (Å²) in [6.45, 7) is 10.2. The van der Waals surface area contributed by atoms with E-state index in [-0.39, 0.29) is 17.2 Å². The molecule has 1 amide bonds. The number of aromatic nitrogens is 2. The Bertz CT molecular complexity index is 1070. The normalized spacial score (nSPS) is 11.1. The maximum atomic E-state index is 13.0. The van der Waals surface area contributed by atoms with Gasteiger partial charge in [0.15, 0.2) is 5.69 Å². The molecular formula is C24H30N4O3. The fourth-order valence-corrected chi connectivity index (χ4v) is 3.51. The number of hydrogen-bond acceptors (Lipinski definition) is 5. The predicted molar refractivity (Wildman–Crippen MR) is 123 cm³/mol. The van der Waals surface area contributed by atoms with Crippen molar-refractivity contribution in [3.05, 3.63) is 64.6 Å². The van der Waals surface area contributed by atoms with Crippen molar-refractivity contribution in [2.45, 2.75) is 27.2 Å². The molecular weight excluding hydrogens is 392 g/mol. The Morgan fingerprint density at radius 2 is 1.71 bits per heavy atom. The van der Waals surface area contributed by atoms with E-state index in [1.165, 1.54) is 4.68 Å². The van der Waals surface area contributed by atoms with Gasteiger partial charge in [-0.2, -0.15) is 9.78 Å². The third-order valence-electron chi connectivity index (χ3n) is 5.24. The Morgan fingerprint density at radius 3 is 2.35 bits per heavy atom. The van der Waals surface area contributed by atoms with E-state index in [2.05, 4.69) is 29.2 Å². The first-order valence-corrected chi connectivity index (χ1v) is 10.8. The molecule has 2 aromatic carbocycles. The molecule has 1 N–H and O–H groups in total. The number of ether oxygens (including phenoxy) is 1. The van der Waals surface area contributed by atoms with Crippen molar-refractivity contribution in [3.8, 4) is 11.4 Å². The molecule has 0 saturated heterocycles. The average Bonchev–Trinajstić information content (AvgIpc) is 2.80. The molecule has 0 bridgehead atoms. The lowest BCUT2D eigenvalue weighted by Crippen LogP contribution is -2.32. The van der Waals surface area contributed by atoms with E-state index in [1.54, 1.807) is 42.5 Å². The standard InChI is InChI=1S/C24H30N4O3/c1-4-27(5-2)17-9-16-25-23(29)22-20-10-7-8-11-21(20)24(30)28(26-22)18-12-14-19(15-13-18)31-6-3/h7-8,10-15H,4-6,9,16-17H2,1-3H3,(H,25,29). The number of carbonyl (C=O) groups is 1. The highest BCUT2D eigenvalue weighted by Crippen LogP contribution is 2.17. The van der Waals surface area contributed by atoms with Crippen LogP contribution in [0.1, 0.15) is 37.7 Å². The number of nitrogens with zero attached hydrogens (tertiary/aromatic N) is 3. The van der Waals surface area contributed by atoms with Gasteiger partial charge in [-0.25, -0.2) is 0 Å². The average molecular weight is 423 g/mol. The highest BCUT2D eigenvalue weighted by Gasteiger charge is 2.17. The van der Waals surface area contributed by atoms with Gasteiger partial charge in [-0.15, -0.1) is 0 Å². The summed E-state index contributed by atoms with van der Waals surface area (Å²) in [5.41, 5.74) is 0.555. The summed E-state index contributed by atoms with van der Waals surface area (Å²) in [7, 11) is 0. The van der Waals surface area contributed by atoms with Crippen LogP contribution in [0, 0.1) is 0 Å². The SMILES string of the molecule is CCOc1ccc(-n2nc(C(=O)NCCCN(CC)CC)c3ccccc3c2=O)cc1. The summed E-state index contributed by atoms with van der Waals surface area (Å²) in [6.07, 6.45) is 0.851. The number of amides is 1. The summed E-state index contributed by atoms with van der Waals surface area (Å²) < 4.78 is 6.75. The Kier molecular flexibility index (Phi) is 7.78. The molecule has 0 spiro atoms. The van der Waals surface area contributed by atoms with Crippen molar-refractivity contribution in [1.29, 1.82) is 0 Å². The third-order valence-corrected chi connectivity index (χ3v) is 5.24. The first-order chi connectivity index (χ1) is 15.1. The number of hydrogen-bond donors (Lipinski definition) is 1. The second-order valence-electron chi connectivity index (χ2n) is 7.17. The number of nitrogens with one attached hydrogen (secondary N) is 1. The zero-order valence-electron chi connectivity index (χ0n) is 18.4. The van der Waals surface area contributed by atoms with E-state index in [1.807, 2.05) is 13.0 Å². The molecule has 0 radical (unpaired) electrons. The molecule has 0 aliphatic carbocycles. The molecule has 0 aliphatic heterocycles. The number of benzene rings is 2. The van der Waals surface area contributed by atoms with Crippen molar-refractivity contribution in [2.24, 2.45) is 0 Å². The zero-order valence-corrected chi connectivity index (χ0v) is 18.4. The van der Waals surface area contributed by atoms with Crippen LogP contribution in [0.5, 0.6) is 5.75 Å². The summed E-state index contributed by atoms with van der Waals surface area (Å²) in [5.74, 6) is 0.432. The van der Waals surface area contributed by atoms with Gasteiger partial charge in [-0.05, 0) is 63.3 Å². The monoisotopic (exact) mass is 422 g/mol. The van der Waals surface area contributed by atoms with Crippen LogP contribution in [0.4, 0.5) is 0 Å². The zero-order chi connectivity index (χ0) is 22.2. The minimum atomic E-state index is -0.282. The van der Waals surface area contributed by atoms with Crippen LogP contribution in [0.2, 0.25) is 0 Å². The molecule has 3 aromatic rings. The predicted octanol–water partition coefficient (Wildman–Crippen LogP) is 3.25. The van der Waals surface area contributed by atoms with E-state index in [9.17, 15) is 9.59 Å². The third kappa shape index (κ3) is 5.30. The Balaban J connectivity index is 1.89. The second-order valence-corrected chi connectivity index (χ2v) is 7.17. The van der Waals surface area contributed by atoms with Gasteiger partial charge in [0.1, 0.15) is 5.75 Å². The maximum Gasteiger partial charge on any atom is 0.279 e.